The number of halogens is 2. The molecule has 2 aromatic rings. The van der Waals surface area contributed by atoms with Gasteiger partial charge in [0.15, 0.2) is 0 Å². The summed E-state index contributed by atoms with van der Waals surface area (Å²) in [4.78, 5) is 13.9. The van der Waals surface area contributed by atoms with Gasteiger partial charge in [0.2, 0.25) is 5.91 Å². The van der Waals surface area contributed by atoms with Crippen LogP contribution in [-0.4, -0.2) is 24.4 Å². The number of benzene rings is 2. The average molecular weight is 321 g/mol. The lowest BCUT2D eigenvalue weighted by Crippen LogP contribution is -2.32. The molecule has 116 valence electrons. The first kappa shape index (κ1) is 16.5. The van der Waals surface area contributed by atoms with Crippen LogP contribution in [0.3, 0.4) is 0 Å². The van der Waals surface area contributed by atoms with Crippen LogP contribution < -0.4 is 5.32 Å². The van der Waals surface area contributed by atoms with Gasteiger partial charge >= 0.3 is 0 Å². The molecule has 0 saturated carbocycles. The van der Waals surface area contributed by atoms with E-state index in [4.69, 9.17) is 11.6 Å². The van der Waals surface area contributed by atoms with E-state index in [9.17, 15) is 9.18 Å². The lowest BCUT2D eigenvalue weighted by atomic mass is 10.1. The Kier molecular flexibility index (Phi) is 5.52. The number of likely N-dealkylation sites (N-methyl/N-ethyl adjacent to an activating group) is 1. The van der Waals surface area contributed by atoms with E-state index >= 15 is 0 Å². The Morgan fingerprint density at radius 1 is 1.27 bits per heavy atom. The maximum atomic E-state index is 13.1. The van der Waals surface area contributed by atoms with Crippen LogP contribution in [0.15, 0.2) is 48.5 Å². The van der Waals surface area contributed by atoms with E-state index < -0.39 is 0 Å². The molecule has 2 aromatic carbocycles. The van der Waals surface area contributed by atoms with E-state index in [-0.39, 0.29) is 24.3 Å². The van der Waals surface area contributed by atoms with Crippen molar-refractivity contribution in [3.8, 4) is 0 Å². The lowest BCUT2D eigenvalue weighted by Gasteiger charge is -2.25. The molecule has 0 aliphatic rings. The molecule has 0 fully saturated rings. The average Bonchev–Trinajstić information content (AvgIpc) is 2.46. The molecule has 1 atom stereocenters. The second-order valence-corrected chi connectivity index (χ2v) is 5.58. The van der Waals surface area contributed by atoms with Gasteiger partial charge in [-0.1, -0.05) is 35.9 Å². The predicted octanol–water partition coefficient (Wildman–Crippen LogP) is 4.11. The third-order valence-electron chi connectivity index (χ3n) is 3.52. The molecule has 0 radical (unpaired) electrons. The summed E-state index contributed by atoms with van der Waals surface area (Å²) in [7, 11) is 1.85. The Balaban J connectivity index is 1.98. The van der Waals surface area contributed by atoms with E-state index in [0.29, 0.717) is 10.7 Å². The number of hydrogen-bond acceptors (Lipinski definition) is 2. The van der Waals surface area contributed by atoms with Crippen LogP contribution in [0.25, 0.3) is 0 Å². The fourth-order valence-electron chi connectivity index (χ4n) is 2.18. The minimum atomic E-state index is -0.379. The normalized spacial score (nSPS) is 12.2. The third kappa shape index (κ3) is 4.29. The Bertz CT molecular complexity index is 663. The number of rotatable bonds is 5. The van der Waals surface area contributed by atoms with Crippen molar-refractivity contribution in [3.63, 3.8) is 0 Å². The second-order valence-electron chi connectivity index (χ2n) is 5.17. The predicted molar refractivity (Wildman–Crippen MR) is 87.5 cm³/mol. The van der Waals surface area contributed by atoms with E-state index in [1.807, 2.05) is 43.1 Å². The molecule has 0 saturated heterocycles. The highest BCUT2D eigenvalue weighted by Crippen LogP contribution is 2.25. The summed E-state index contributed by atoms with van der Waals surface area (Å²) in [5, 5.41) is 3.35. The summed E-state index contributed by atoms with van der Waals surface area (Å²) < 4.78 is 13.1. The molecule has 2 rings (SSSR count). The summed E-state index contributed by atoms with van der Waals surface area (Å²) in [5.41, 5.74) is 1.41. The van der Waals surface area contributed by atoms with Gasteiger partial charge in [0.05, 0.1) is 6.54 Å². The largest absolute Gasteiger partial charge is 0.325 e. The topological polar surface area (TPSA) is 32.3 Å². The molecular weight excluding hydrogens is 303 g/mol. The van der Waals surface area contributed by atoms with Crippen LogP contribution in [0.1, 0.15) is 18.5 Å². The van der Waals surface area contributed by atoms with Gasteiger partial charge in [-0.3, -0.25) is 9.69 Å². The standard InChI is InChI=1S/C17H18ClFN2O/c1-12(15-8-3-4-9-16(15)18)21(2)11-17(22)20-14-7-5-6-13(19)10-14/h3-10,12H,11H2,1-2H3,(H,20,22). The lowest BCUT2D eigenvalue weighted by molar-refractivity contribution is -0.117. The minimum Gasteiger partial charge on any atom is -0.325 e. The summed E-state index contributed by atoms with van der Waals surface area (Å²) in [6.07, 6.45) is 0. The molecule has 5 heteroatoms. The molecule has 0 aliphatic heterocycles. The second kappa shape index (κ2) is 7.38. The van der Waals surface area contributed by atoms with Gasteiger partial charge in [0.25, 0.3) is 0 Å². The quantitative estimate of drug-likeness (QED) is 0.899. The zero-order chi connectivity index (χ0) is 16.1. The monoisotopic (exact) mass is 320 g/mol. The van der Waals surface area contributed by atoms with Crippen molar-refractivity contribution < 1.29 is 9.18 Å². The molecular formula is C17H18ClFN2O. The minimum absolute atomic E-state index is 0.00744. The molecule has 22 heavy (non-hydrogen) atoms. The van der Waals surface area contributed by atoms with Crippen molar-refractivity contribution in [2.45, 2.75) is 13.0 Å². The SMILES string of the molecule is CC(c1ccccc1Cl)N(C)CC(=O)Nc1cccc(F)c1. The number of amides is 1. The van der Waals surface area contributed by atoms with Gasteiger partial charge in [0, 0.05) is 16.8 Å². The van der Waals surface area contributed by atoms with Gasteiger partial charge in [-0.15, -0.1) is 0 Å². The van der Waals surface area contributed by atoms with Crippen LogP contribution in [-0.2, 0) is 4.79 Å². The molecule has 0 aliphatic carbocycles. The summed E-state index contributed by atoms with van der Waals surface area (Å²) in [6.45, 7) is 2.17. The Hall–Kier alpha value is -1.91. The van der Waals surface area contributed by atoms with Crippen molar-refractivity contribution in [2.24, 2.45) is 0 Å². The molecule has 0 spiro atoms. The third-order valence-corrected chi connectivity index (χ3v) is 3.86. The summed E-state index contributed by atoms with van der Waals surface area (Å²) in [6, 6.07) is 13.4. The number of nitrogens with one attached hydrogen (secondary N) is 1. The number of hydrogen-bond donors (Lipinski definition) is 1. The van der Waals surface area contributed by atoms with Crippen molar-refractivity contribution >= 4 is 23.2 Å². The fraction of sp³-hybridized carbons (Fsp3) is 0.235. The van der Waals surface area contributed by atoms with Gasteiger partial charge in [-0.2, -0.15) is 0 Å². The highest BCUT2D eigenvalue weighted by molar-refractivity contribution is 6.31. The van der Waals surface area contributed by atoms with Gasteiger partial charge in [-0.25, -0.2) is 4.39 Å². The van der Waals surface area contributed by atoms with Gasteiger partial charge in [0.1, 0.15) is 5.82 Å². The Labute approximate surface area is 134 Å². The van der Waals surface area contributed by atoms with Crippen LogP contribution in [0.4, 0.5) is 10.1 Å². The molecule has 1 unspecified atom stereocenters. The van der Waals surface area contributed by atoms with E-state index in [1.165, 1.54) is 12.1 Å². The van der Waals surface area contributed by atoms with Crippen LogP contribution in [0, 0.1) is 5.82 Å². The molecule has 3 nitrogen and oxygen atoms in total. The highest BCUT2D eigenvalue weighted by atomic mass is 35.5. The van der Waals surface area contributed by atoms with Gasteiger partial charge < -0.3 is 5.32 Å². The molecule has 1 N–H and O–H groups in total. The first-order valence-electron chi connectivity index (χ1n) is 6.97. The number of anilines is 1. The first-order valence-corrected chi connectivity index (χ1v) is 7.35. The van der Waals surface area contributed by atoms with Crippen LogP contribution >= 0.6 is 11.6 Å². The van der Waals surface area contributed by atoms with Gasteiger partial charge in [-0.05, 0) is 43.8 Å². The molecule has 1 amide bonds. The van der Waals surface area contributed by atoms with Crippen LogP contribution in [0.2, 0.25) is 5.02 Å². The van der Waals surface area contributed by atoms with E-state index in [1.54, 1.807) is 12.1 Å². The van der Waals surface area contributed by atoms with Crippen LogP contribution in [0.5, 0.6) is 0 Å². The van der Waals surface area contributed by atoms with Crippen molar-refractivity contribution in [1.29, 1.82) is 0 Å². The first-order chi connectivity index (χ1) is 10.5. The Morgan fingerprint density at radius 3 is 2.68 bits per heavy atom. The highest BCUT2D eigenvalue weighted by Gasteiger charge is 2.17. The Morgan fingerprint density at radius 2 is 2.00 bits per heavy atom. The van der Waals surface area contributed by atoms with E-state index in [0.717, 1.165) is 5.56 Å². The van der Waals surface area contributed by atoms with Crippen molar-refractivity contribution in [3.05, 3.63) is 64.9 Å². The number of nitrogens with zero attached hydrogens (tertiary/aromatic N) is 1. The molecule has 0 bridgehead atoms. The smallest absolute Gasteiger partial charge is 0.238 e. The maximum absolute atomic E-state index is 13.1. The van der Waals surface area contributed by atoms with E-state index in [2.05, 4.69) is 5.32 Å². The number of carbonyl (C=O) groups is 1. The summed E-state index contributed by atoms with van der Waals surface area (Å²) >= 11 is 6.18. The number of carbonyl (C=O) groups excluding carboxylic acids is 1. The zero-order valence-electron chi connectivity index (χ0n) is 12.5. The fourth-order valence-corrected chi connectivity index (χ4v) is 2.48. The van der Waals surface area contributed by atoms with Crippen molar-refractivity contribution in [1.82, 2.24) is 4.90 Å². The molecule has 0 heterocycles. The zero-order valence-corrected chi connectivity index (χ0v) is 13.3. The summed E-state index contributed by atoms with van der Waals surface area (Å²) in [5.74, 6) is -0.581. The maximum Gasteiger partial charge on any atom is 0.238 e. The molecule has 0 aromatic heterocycles. The van der Waals surface area contributed by atoms with Crippen molar-refractivity contribution in [2.75, 3.05) is 18.9 Å².